The van der Waals surface area contributed by atoms with E-state index < -0.39 is 0 Å². The van der Waals surface area contributed by atoms with Gasteiger partial charge in [0.05, 0.1) is 11.6 Å². The molecule has 1 heterocycles. The molecule has 0 bridgehead atoms. The molecule has 0 unspecified atom stereocenters. The average Bonchev–Trinajstić information content (AvgIpc) is 3.07. The van der Waals surface area contributed by atoms with Crippen molar-refractivity contribution in [1.82, 2.24) is 20.2 Å². The summed E-state index contributed by atoms with van der Waals surface area (Å²) in [5.41, 5.74) is 2.10. The molecule has 0 amide bonds. The molecule has 25 heavy (non-hydrogen) atoms. The van der Waals surface area contributed by atoms with Crippen LogP contribution in [0, 0.1) is 0 Å². The van der Waals surface area contributed by atoms with Gasteiger partial charge in [0.2, 0.25) is 5.95 Å². The van der Waals surface area contributed by atoms with Crippen molar-refractivity contribution in [3.05, 3.63) is 77.3 Å². The quantitative estimate of drug-likeness (QED) is 0.624. The van der Waals surface area contributed by atoms with E-state index in [2.05, 4.69) is 27.4 Å². The summed E-state index contributed by atoms with van der Waals surface area (Å²) in [6.07, 6.45) is 1.73. The molecular formula is C18H18ClN5O. The predicted molar refractivity (Wildman–Crippen MR) is 97.6 cm³/mol. The number of hydrogen-bond donors (Lipinski definition) is 1. The Labute approximate surface area is 151 Å². The number of rotatable bonds is 8. The molecule has 6 nitrogen and oxygen atoms in total. The van der Waals surface area contributed by atoms with E-state index in [1.807, 2.05) is 48.5 Å². The van der Waals surface area contributed by atoms with E-state index in [0.29, 0.717) is 36.4 Å². The molecule has 0 aliphatic rings. The average molecular weight is 356 g/mol. The number of halogens is 1. The normalized spacial score (nSPS) is 10.4. The van der Waals surface area contributed by atoms with Gasteiger partial charge in [0.15, 0.2) is 0 Å². The predicted octanol–water partition coefficient (Wildman–Crippen LogP) is 3.70. The highest BCUT2D eigenvalue weighted by molar-refractivity contribution is 6.32. The molecule has 0 saturated heterocycles. The van der Waals surface area contributed by atoms with Gasteiger partial charge in [-0.1, -0.05) is 59.2 Å². The molecule has 3 aromatic rings. The maximum atomic E-state index is 6.33. The summed E-state index contributed by atoms with van der Waals surface area (Å²) in [7, 11) is 0. The number of hydrogen-bond acceptors (Lipinski definition) is 5. The van der Waals surface area contributed by atoms with E-state index >= 15 is 0 Å². The second-order valence-corrected chi connectivity index (χ2v) is 5.77. The smallest absolute Gasteiger partial charge is 0.243 e. The van der Waals surface area contributed by atoms with E-state index in [1.165, 1.54) is 0 Å². The molecule has 0 fully saturated rings. The Hall–Kier alpha value is -2.86. The van der Waals surface area contributed by atoms with Crippen LogP contribution in [-0.2, 0) is 19.7 Å². The minimum absolute atomic E-state index is 0.481. The number of nitrogens with one attached hydrogen (secondary N) is 1. The number of ether oxygens (including phenoxy) is 1. The Kier molecular flexibility index (Phi) is 5.64. The first-order valence-electron chi connectivity index (χ1n) is 7.82. The Morgan fingerprint density at radius 2 is 2.00 bits per heavy atom. The minimum atomic E-state index is 0.481. The van der Waals surface area contributed by atoms with Crippen LogP contribution in [0.1, 0.15) is 11.1 Å². The molecule has 7 heteroatoms. The zero-order valence-electron chi connectivity index (χ0n) is 13.6. The van der Waals surface area contributed by atoms with Crippen LogP contribution in [0.2, 0.25) is 5.02 Å². The molecule has 2 aromatic carbocycles. The van der Waals surface area contributed by atoms with Crippen molar-refractivity contribution < 1.29 is 4.74 Å². The third-order valence-corrected chi connectivity index (χ3v) is 3.81. The molecule has 0 spiro atoms. The van der Waals surface area contributed by atoms with E-state index in [-0.39, 0.29) is 0 Å². The fraction of sp³-hybridized carbons (Fsp3) is 0.167. The second kappa shape index (κ2) is 8.30. The van der Waals surface area contributed by atoms with Gasteiger partial charge in [-0.15, -0.1) is 6.58 Å². The van der Waals surface area contributed by atoms with Gasteiger partial charge in [-0.25, -0.2) is 4.68 Å². The molecule has 0 aliphatic heterocycles. The maximum Gasteiger partial charge on any atom is 0.243 e. The van der Waals surface area contributed by atoms with Crippen LogP contribution < -0.4 is 10.1 Å². The number of benzene rings is 2. The highest BCUT2D eigenvalue weighted by atomic mass is 35.5. The molecule has 0 atom stereocenters. The molecule has 0 saturated carbocycles. The largest absolute Gasteiger partial charge is 0.487 e. The lowest BCUT2D eigenvalue weighted by Crippen LogP contribution is -2.08. The number of aromatic nitrogens is 4. The molecule has 1 aromatic heterocycles. The van der Waals surface area contributed by atoms with Crippen LogP contribution in [0.15, 0.2) is 61.2 Å². The zero-order chi connectivity index (χ0) is 17.5. The standard InChI is InChI=1S/C18H18ClN5O/c1-2-10-24-18(21-22-23-24)20-12-15-8-9-17(16(19)11-15)25-13-14-6-4-3-5-7-14/h2-9,11H,1,10,12-13H2,(H,20,21,23). The molecule has 3 rings (SSSR count). The third kappa shape index (κ3) is 4.58. The van der Waals surface area contributed by atoms with Crippen LogP contribution in [0.3, 0.4) is 0 Å². The Bertz CT molecular complexity index is 834. The summed E-state index contributed by atoms with van der Waals surface area (Å²) in [4.78, 5) is 0. The maximum absolute atomic E-state index is 6.33. The Morgan fingerprint density at radius 1 is 1.16 bits per heavy atom. The Balaban J connectivity index is 1.59. The van der Waals surface area contributed by atoms with Crippen LogP contribution in [0.4, 0.5) is 5.95 Å². The van der Waals surface area contributed by atoms with Crippen LogP contribution >= 0.6 is 11.6 Å². The second-order valence-electron chi connectivity index (χ2n) is 5.37. The molecule has 0 radical (unpaired) electrons. The van der Waals surface area contributed by atoms with Gasteiger partial charge in [-0.3, -0.25) is 0 Å². The highest BCUT2D eigenvalue weighted by Gasteiger charge is 2.07. The zero-order valence-corrected chi connectivity index (χ0v) is 14.4. The van der Waals surface area contributed by atoms with Crippen molar-refractivity contribution in [2.24, 2.45) is 0 Å². The number of tetrazole rings is 1. The molecule has 1 N–H and O–H groups in total. The summed E-state index contributed by atoms with van der Waals surface area (Å²) in [6.45, 7) is 5.26. The summed E-state index contributed by atoms with van der Waals surface area (Å²) in [5.74, 6) is 1.24. The van der Waals surface area contributed by atoms with Crippen molar-refractivity contribution in [2.45, 2.75) is 19.7 Å². The highest BCUT2D eigenvalue weighted by Crippen LogP contribution is 2.26. The monoisotopic (exact) mass is 355 g/mol. The van der Waals surface area contributed by atoms with Gasteiger partial charge < -0.3 is 10.1 Å². The van der Waals surface area contributed by atoms with Crippen molar-refractivity contribution in [3.63, 3.8) is 0 Å². The summed E-state index contributed by atoms with van der Waals surface area (Å²) in [6, 6.07) is 15.7. The van der Waals surface area contributed by atoms with E-state index in [0.717, 1.165) is 11.1 Å². The van der Waals surface area contributed by atoms with Crippen molar-refractivity contribution in [3.8, 4) is 5.75 Å². The number of nitrogens with zero attached hydrogens (tertiary/aromatic N) is 4. The van der Waals surface area contributed by atoms with E-state index in [9.17, 15) is 0 Å². The van der Waals surface area contributed by atoms with Crippen LogP contribution in [0.25, 0.3) is 0 Å². The van der Waals surface area contributed by atoms with Gasteiger partial charge in [-0.2, -0.15) is 0 Å². The fourth-order valence-electron chi connectivity index (χ4n) is 2.26. The Morgan fingerprint density at radius 3 is 2.76 bits per heavy atom. The van der Waals surface area contributed by atoms with Gasteiger partial charge in [-0.05, 0) is 33.7 Å². The number of anilines is 1. The van der Waals surface area contributed by atoms with Crippen molar-refractivity contribution in [1.29, 1.82) is 0 Å². The molecule has 0 aliphatic carbocycles. The van der Waals surface area contributed by atoms with Crippen LogP contribution in [0.5, 0.6) is 5.75 Å². The lowest BCUT2D eigenvalue weighted by atomic mass is 10.2. The first kappa shape index (κ1) is 17.0. The van der Waals surface area contributed by atoms with Gasteiger partial charge in [0, 0.05) is 6.54 Å². The van der Waals surface area contributed by atoms with Gasteiger partial charge in [0.25, 0.3) is 0 Å². The van der Waals surface area contributed by atoms with Crippen molar-refractivity contribution >= 4 is 17.5 Å². The topological polar surface area (TPSA) is 64.9 Å². The first-order valence-corrected chi connectivity index (χ1v) is 8.20. The van der Waals surface area contributed by atoms with E-state index in [4.69, 9.17) is 16.3 Å². The van der Waals surface area contributed by atoms with Gasteiger partial charge >= 0.3 is 0 Å². The van der Waals surface area contributed by atoms with Crippen molar-refractivity contribution in [2.75, 3.05) is 5.32 Å². The summed E-state index contributed by atoms with van der Waals surface area (Å²) < 4.78 is 7.41. The fourth-order valence-corrected chi connectivity index (χ4v) is 2.52. The molecule has 128 valence electrons. The SMILES string of the molecule is C=CCn1nnnc1NCc1ccc(OCc2ccccc2)c(Cl)c1. The lowest BCUT2D eigenvalue weighted by molar-refractivity contribution is 0.306. The molecular weight excluding hydrogens is 338 g/mol. The van der Waals surface area contributed by atoms with Crippen LogP contribution in [-0.4, -0.2) is 20.2 Å². The number of allylic oxidation sites excluding steroid dienone is 1. The third-order valence-electron chi connectivity index (χ3n) is 3.52. The lowest BCUT2D eigenvalue weighted by Gasteiger charge is -2.10. The minimum Gasteiger partial charge on any atom is -0.487 e. The van der Waals surface area contributed by atoms with Gasteiger partial charge in [0.1, 0.15) is 12.4 Å². The summed E-state index contributed by atoms with van der Waals surface area (Å²) in [5, 5.41) is 15.2. The van der Waals surface area contributed by atoms with E-state index in [1.54, 1.807) is 10.8 Å². The first-order chi connectivity index (χ1) is 12.3. The summed E-state index contributed by atoms with van der Waals surface area (Å²) >= 11 is 6.33.